The van der Waals surface area contributed by atoms with Gasteiger partial charge in [0.25, 0.3) is 0 Å². The number of hydrogen-bond donors (Lipinski definition) is 0. The lowest BCUT2D eigenvalue weighted by Gasteiger charge is -2.10. The minimum atomic E-state index is -1.46. The summed E-state index contributed by atoms with van der Waals surface area (Å²) in [6.45, 7) is 1.35. The van der Waals surface area contributed by atoms with E-state index in [9.17, 15) is 19.8 Å². The lowest BCUT2D eigenvalue weighted by molar-refractivity contribution is -0.298. The molecule has 0 amide bonds. The first-order valence-corrected chi connectivity index (χ1v) is 5.36. The summed E-state index contributed by atoms with van der Waals surface area (Å²) in [5, 5.41) is 21.8. The summed E-state index contributed by atoms with van der Waals surface area (Å²) < 4.78 is 0. The van der Waals surface area contributed by atoms with Gasteiger partial charge in [0.05, 0.1) is 11.9 Å². The van der Waals surface area contributed by atoms with E-state index < -0.39 is 11.9 Å². The Morgan fingerprint density at radius 1 is 1.17 bits per heavy atom. The second-order valence-corrected chi connectivity index (χ2v) is 3.98. The smallest absolute Gasteiger partial charge is 0.0718 e. The minimum Gasteiger partial charge on any atom is -0.545 e. The fraction of sp³-hybridized carbons (Fsp3) is 0.0769. The van der Waals surface area contributed by atoms with E-state index in [-0.39, 0.29) is 11.1 Å². The van der Waals surface area contributed by atoms with Crippen LogP contribution in [-0.2, 0) is 9.59 Å². The maximum absolute atomic E-state index is 10.9. The highest BCUT2D eigenvalue weighted by molar-refractivity contribution is 6.30. The Kier molecular flexibility index (Phi) is 4.68. The number of rotatable bonds is 4. The van der Waals surface area contributed by atoms with Crippen molar-refractivity contribution in [2.45, 2.75) is 6.92 Å². The standard InChI is InChI=1S/C13H11ClO4/c1-8(6-12(15)16)11(13(17)18)7-9-2-4-10(14)5-3-9/h2-7H,1H3,(H,15,16)(H,17,18)/p-2/b8-6+,11-7+. The highest BCUT2D eigenvalue weighted by Gasteiger charge is 2.02. The van der Waals surface area contributed by atoms with Crippen molar-refractivity contribution in [2.24, 2.45) is 0 Å². The van der Waals surface area contributed by atoms with Crippen molar-refractivity contribution in [3.8, 4) is 0 Å². The van der Waals surface area contributed by atoms with Crippen LogP contribution in [0.5, 0.6) is 0 Å². The first-order valence-electron chi connectivity index (χ1n) is 4.98. The molecule has 1 aromatic rings. The molecule has 0 saturated carbocycles. The average molecular weight is 265 g/mol. The largest absolute Gasteiger partial charge is 0.545 e. The molecule has 0 atom stereocenters. The summed E-state index contributed by atoms with van der Waals surface area (Å²) >= 11 is 5.70. The number of aliphatic carboxylic acids is 2. The second-order valence-electron chi connectivity index (χ2n) is 3.54. The van der Waals surface area contributed by atoms with E-state index in [1.54, 1.807) is 24.3 Å². The molecule has 94 valence electrons. The van der Waals surface area contributed by atoms with Crippen LogP contribution in [0.3, 0.4) is 0 Å². The van der Waals surface area contributed by atoms with Gasteiger partial charge in [-0.3, -0.25) is 0 Å². The van der Waals surface area contributed by atoms with Crippen molar-refractivity contribution in [1.82, 2.24) is 0 Å². The van der Waals surface area contributed by atoms with Gasteiger partial charge in [-0.2, -0.15) is 0 Å². The third-order valence-corrected chi connectivity index (χ3v) is 2.41. The zero-order valence-electron chi connectivity index (χ0n) is 9.48. The molecule has 18 heavy (non-hydrogen) atoms. The van der Waals surface area contributed by atoms with Crippen molar-refractivity contribution >= 4 is 29.6 Å². The fourth-order valence-corrected chi connectivity index (χ4v) is 1.44. The van der Waals surface area contributed by atoms with Gasteiger partial charge in [-0.1, -0.05) is 23.7 Å². The molecule has 0 spiro atoms. The maximum Gasteiger partial charge on any atom is 0.0718 e. The zero-order valence-corrected chi connectivity index (χ0v) is 10.2. The SMILES string of the molecule is CC(=C\C(=O)[O-])/C(=C\c1ccc(Cl)cc1)C(=O)[O-]. The molecule has 0 N–H and O–H groups in total. The van der Waals surface area contributed by atoms with Gasteiger partial charge in [0.15, 0.2) is 0 Å². The molecule has 1 rings (SSSR count). The van der Waals surface area contributed by atoms with Crippen LogP contribution in [0.4, 0.5) is 0 Å². The number of benzene rings is 1. The minimum absolute atomic E-state index is 0.0463. The van der Waals surface area contributed by atoms with Crippen LogP contribution >= 0.6 is 11.6 Å². The van der Waals surface area contributed by atoms with Gasteiger partial charge >= 0.3 is 0 Å². The number of carboxylic acids is 2. The van der Waals surface area contributed by atoms with E-state index in [1.807, 2.05) is 0 Å². The molecule has 0 bridgehead atoms. The molecule has 0 saturated heterocycles. The Morgan fingerprint density at radius 2 is 1.72 bits per heavy atom. The summed E-state index contributed by atoms with van der Waals surface area (Å²) in [7, 11) is 0. The monoisotopic (exact) mass is 264 g/mol. The number of carboxylic acid groups (broad SMARTS) is 2. The molecule has 0 aliphatic heterocycles. The number of hydrogen-bond acceptors (Lipinski definition) is 4. The predicted molar refractivity (Wildman–Crippen MR) is 63.2 cm³/mol. The first-order chi connectivity index (χ1) is 8.40. The Morgan fingerprint density at radius 3 is 2.17 bits per heavy atom. The Hall–Kier alpha value is -2.07. The molecule has 0 aliphatic rings. The van der Waals surface area contributed by atoms with Crippen molar-refractivity contribution in [3.05, 3.63) is 52.1 Å². The van der Waals surface area contributed by atoms with Crippen LogP contribution in [0.15, 0.2) is 41.5 Å². The number of carbonyl (C=O) groups excluding carboxylic acids is 2. The van der Waals surface area contributed by atoms with Crippen molar-refractivity contribution in [3.63, 3.8) is 0 Å². The van der Waals surface area contributed by atoms with Gasteiger partial charge in [0, 0.05) is 10.6 Å². The highest BCUT2D eigenvalue weighted by atomic mass is 35.5. The van der Waals surface area contributed by atoms with Crippen molar-refractivity contribution in [1.29, 1.82) is 0 Å². The van der Waals surface area contributed by atoms with Gasteiger partial charge in [-0.25, -0.2) is 0 Å². The van der Waals surface area contributed by atoms with Crippen molar-refractivity contribution < 1.29 is 19.8 Å². The van der Waals surface area contributed by atoms with Crippen molar-refractivity contribution in [2.75, 3.05) is 0 Å². The van der Waals surface area contributed by atoms with E-state index in [4.69, 9.17) is 11.6 Å². The third kappa shape index (κ3) is 4.07. The molecule has 0 heterocycles. The molecule has 0 aromatic heterocycles. The van der Waals surface area contributed by atoms with Crippen LogP contribution in [0.25, 0.3) is 6.08 Å². The van der Waals surface area contributed by atoms with Crippen LogP contribution < -0.4 is 10.2 Å². The van der Waals surface area contributed by atoms with Gasteiger partial charge in [-0.05, 0) is 42.3 Å². The summed E-state index contributed by atoms with van der Waals surface area (Å²) in [4.78, 5) is 21.3. The Balaban J connectivity index is 3.17. The fourth-order valence-electron chi connectivity index (χ4n) is 1.31. The maximum atomic E-state index is 10.9. The van der Waals surface area contributed by atoms with Gasteiger partial charge in [-0.15, -0.1) is 0 Å². The zero-order chi connectivity index (χ0) is 13.7. The number of carbonyl (C=O) groups is 2. The predicted octanol–water partition coefficient (Wildman–Crippen LogP) is 0.169. The summed E-state index contributed by atoms with van der Waals surface area (Å²) in [6, 6.07) is 6.41. The second kappa shape index (κ2) is 6.02. The highest BCUT2D eigenvalue weighted by Crippen LogP contribution is 2.16. The third-order valence-electron chi connectivity index (χ3n) is 2.16. The van der Waals surface area contributed by atoms with Crippen LogP contribution in [0, 0.1) is 0 Å². The van der Waals surface area contributed by atoms with Gasteiger partial charge in [0.2, 0.25) is 0 Å². The summed E-state index contributed by atoms with van der Waals surface area (Å²) in [5.74, 6) is -2.92. The Bertz CT molecular complexity index is 526. The van der Waals surface area contributed by atoms with E-state index in [0.717, 1.165) is 0 Å². The quantitative estimate of drug-likeness (QED) is 0.573. The molecule has 0 unspecified atom stereocenters. The molecule has 0 fully saturated rings. The molecule has 5 heteroatoms. The Labute approximate surface area is 109 Å². The van der Waals surface area contributed by atoms with E-state index in [0.29, 0.717) is 16.7 Å². The van der Waals surface area contributed by atoms with Crippen LogP contribution in [0.1, 0.15) is 12.5 Å². The van der Waals surface area contributed by atoms with E-state index >= 15 is 0 Å². The lowest BCUT2D eigenvalue weighted by Crippen LogP contribution is -2.26. The van der Waals surface area contributed by atoms with E-state index in [1.165, 1.54) is 13.0 Å². The summed E-state index contributed by atoms with van der Waals surface area (Å²) in [5.41, 5.74) is 0.399. The molecule has 4 nitrogen and oxygen atoms in total. The van der Waals surface area contributed by atoms with E-state index in [2.05, 4.69) is 0 Å². The molecule has 0 radical (unpaired) electrons. The average Bonchev–Trinajstić information content (AvgIpc) is 2.26. The molecular formula is C13H9ClO4-2. The van der Waals surface area contributed by atoms with Crippen LogP contribution in [0.2, 0.25) is 5.02 Å². The molecule has 0 aliphatic carbocycles. The molecule has 1 aromatic carbocycles. The summed E-state index contributed by atoms with van der Waals surface area (Å²) in [6.07, 6.45) is 2.01. The van der Waals surface area contributed by atoms with Crippen LogP contribution in [-0.4, -0.2) is 11.9 Å². The number of halogens is 1. The lowest BCUT2D eigenvalue weighted by atomic mass is 10.0. The molecular weight excluding hydrogens is 256 g/mol. The van der Waals surface area contributed by atoms with Gasteiger partial charge < -0.3 is 19.8 Å². The first kappa shape index (κ1) is 14.0. The normalized spacial score (nSPS) is 12.3. The van der Waals surface area contributed by atoms with Gasteiger partial charge in [0.1, 0.15) is 0 Å². The topological polar surface area (TPSA) is 80.3 Å².